The van der Waals surface area contributed by atoms with Crippen molar-refractivity contribution >= 4 is 5.91 Å². The maximum absolute atomic E-state index is 13.3. The van der Waals surface area contributed by atoms with Crippen LogP contribution in [-0.2, 0) is 4.79 Å². The van der Waals surface area contributed by atoms with Crippen LogP contribution in [0, 0.1) is 5.41 Å². The average molecular weight is 228 g/mol. The first-order valence-corrected chi connectivity index (χ1v) is 6.18. The minimum absolute atomic E-state index is 0.262. The van der Waals surface area contributed by atoms with Crippen molar-refractivity contribution in [3.8, 4) is 0 Å². The molecular formula is C12H21FN2O. The lowest BCUT2D eigenvalue weighted by Gasteiger charge is -2.24. The molecule has 0 aromatic heterocycles. The van der Waals surface area contributed by atoms with Crippen LogP contribution < -0.4 is 0 Å². The molecule has 2 rings (SSSR count). The number of halogens is 1. The van der Waals surface area contributed by atoms with Gasteiger partial charge in [-0.3, -0.25) is 4.79 Å². The van der Waals surface area contributed by atoms with Gasteiger partial charge in [-0.2, -0.15) is 0 Å². The Morgan fingerprint density at radius 1 is 1.38 bits per heavy atom. The van der Waals surface area contributed by atoms with E-state index in [2.05, 4.69) is 11.9 Å². The monoisotopic (exact) mass is 228 g/mol. The van der Waals surface area contributed by atoms with Crippen molar-refractivity contribution in [1.29, 1.82) is 0 Å². The minimum atomic E-state index is -1.30. The van der Waals surface area contributed by atoms with Crippen molar-refractivity contribution in [2.24, 2.45) is 5.41 Å². The molecule has 3 nitrogen and oxygen atoms in total. The van der Waals surface area contributed by atoms with Crippen LogP contribution in [0.25, 0.3) is 0 Å². The van der Waals surface area contributed by atoms with Crippen molar-refractivity contribution in [1.82, 2.24) is 9.80 Å². The van der Waals surface area contributed by atoms with E-state index in [0.717, 1.165) is 39.0 Å². The average Bonchev–Trinajstić information content (AvgIpc) is 2.84. The second-order valence-electron chi connectivity index (χ2n) is 5.37. The molecule has 2 atom stereocenters. The number of amides is 1. The number of nitrogens with zero attached hydrogens (tertiary/aromatic N) is 2. The van der Waals surface area contributed by atoms with Crippen LogP contribution in [0.4, 0.5) is 4.39 Å². The van der Waals surface area contributed by atoms with Crippen LogP contribution in [0.5, 0.6) is 0 Å². The highest BCUT2D eigenvalue weighted by molar-refractivity contribution is 5.81. The molecule has 0 aromatic carbocycles. The number of carbonyl (C=O) groups is 1. The largest absolute Gasteiger partial charge is 0.340 e. The van der Waals surface area contributed by atoms with E-state index in [-0.39, 0.29) is 11.3 Å². The van der Waals surface area contributed by atoms with Crippen molar-refractivity contribution in [2.75, 3.05) is 33.2 Å². The zero-order chi connectivity index (χ0) is 11.8. The summed E-state index contributed by atoms with van der Waals surface area (Å²) in [6, 6.07) is 0. The van der Waals surface area contributed by atoms with Gasteiger partial charge in [-0.05, 0) is 32.9 Å². The molecule has 92 valence electrons. The molecule has 2 heterocycles. The normalized spacial score (nSPS) is 32.6. The van der Waals surface area contributed by atoms with E-state index in [4.69, 9.17) is 0 Å². The molecule has 0 aromatic rings. The van der Waals surface area contributed by atoms with Crippen LogP contribution in [0.2, 0.25) is 0 Å². The van der Waals surface area contributed by atoms with Crippen LogP contribution in [-0.4, -0.2) is 55.1 Å². The molecule has 2 unspecified atom stereocenters. The highest BCUT2D eigenvalue weighted by Gasteiger charge is 2.44. The SMILES string of the molecule is CCC(F)C(=O)N1CCC2(CCN(C)C2)C1. The lowest BCUT2D eigenvalue weighted by Crippen LogP contribution is -2.37. The smallest absolute Gasteiger partial charge is 0.257 e. The Morgan fingerprint density at radius 3 is 2.62 bits per heavy atom. The first kappa shape index (κ1) is 11.8. The van der Waals surface area contributed by atoms with Gasteiger partial charge in [-0.1, -0.05) is 6.92 Å². The quantitative estimate of drug-likeness (QED) is 0.711. The van der Waals surface area contributed by atoms with Gasteiger partial charge in [0.2, 0.25) is 0 Å². The van der Waals surface area contributed by atoms with E-state index in [1.807, 2.05) is 0 Å². The highest BCUT2D eigenvalue weighted by atomic mass is 19.1. The maximum Gasteiger partial charge on any atom is 0.257 e. The lowest BCUT2D eigenvalue weighted by atomic mass is 9.86. The van der Waals surface area contributed by atoms with E-state index < -0.39 is 6.17 Å². The number of carbonyl (C=O) groups excluding carboxylic acids is 1. The Labute approximate surface area is 96.6 Å². The Balaban J connectivity index is 1.95. The molecule has 2 aliphatic rings. The van der Waals surface area contributed by atoms with Gasteiger partial charge in [0.05, 0.1) is 0 Å². The molecule has 0 N–H and O–H groups in total. The summed E-state index contributed by atoms with van der Waals surface area (Å²) in [5.41, 5.74) is 0.262. The highest BCUT2D eigenvalue weighted by Crippen LogP contribution is 2.39. The van der Waals surface area contributed by atoms with Crippen molar-refractivity contribution in [3.63, 3.8) is 0 Å². The third-order valence-corrected chi connectivity index (χ3v) is 4.01. The lowest BCUT2D eigenvalue weighted by molar-refractivity contribution is -0.135. The van der Waals surface area contributed by atoms with Crippen molar-refractivity contribution < 1.29 is 9.18 Å². The third-order valence-electron chi connectivity index (χ3n) is 4.01. The summed E-state index contributed by atoms with van der Waals surface area (Å²) in [6.07, 6.45) is 1.19. The third kappa shape index (κ3) is 2.08. The molecule has 0 aliphatic carbocycles. The standard InChI is InChI=1S/C12H21FN2O/c1-3-10(13)11(16)15-7-5-12(9-15)4-6-14(2)8-12/h10H,3-9H2,1-2H3. The first-order chi connectivity index (χ1) is 7.56. The molecule has 0 saturated carbocycles. The number of alkyl halides is 1. The van der Waals surface area contributed by atoms with Gasteiger partial charge in [0.15, 0.2) is 6.17 Å². The predicted octanol–water partition coefficient (Wildman–Crippen LogP) is 1.29. The summed E-state index contributed by atoms with van der Waals surface area (Å²) in [5.74, 6) is -0.297. The van der Waals surface area contributed by atoms with E-state index in [1.54, 1.807) is 11.8 Å². The predicted molar refractivity (Wildman–Crippen MR) is 60.9 cm³/mol. The summed E-state index contributed by atoms with van der Waals surface area (Å²) in [7, 11) is 2.11. The molecular weight excluding hydrogens is 207 g/mol. The van der Waals surface area contributed by atoms with Gasteiger partial charge in [0.1, 0.15) is 0 Å². The summed E-state index contributed by atoms with van der Waals surface area (Å²) in [5, 5.41) is 0. The van der Waals surface area contributed by atoms with Gasteiger partial charge in [-0.25, -0.2) is 4.39 Å². The first-order valence-electron chi connectivity index (χ1n) is 6.18. The molecule has 1 spiro atoms. The fourth-order valence-corrected chi connectivity index (χ4v) is 2.99. The molecule has 16 heavy (non-hydrogen) atoms. The van der Waals surface area contributed by atoms with Gasteiger partial charge in [-0.15, -0.1) is 0 Å². The topological polar surface area (TPSA) is 23.6 Å². The van der Waals surface area contributed by atoms with E-state index in [0.29, 0.717) is 6.42 Å². The van der Waals surface area contributed by atoms with Crippen molar-refractivity contribution in [2.45, 2.75) is 32.4 Å². The zero-order valence-electron chi connectivity index (χ0n) is 10.2. The fraction of sp³-hybridized carbons (Fsp3) is 0.917. The zero-order valence-corrected chi connectivity index (χ0v) is 10.2. The van der Waals surface area contributed by atoms with Gasteiger partial charge < -0.3 is 9.80 Å². The van der Waals surface area contributed by atoms with Crippen molar-refractivity contribution in [3.05, 3.63) is 0 Å². The Hall–Kier alpha value is -0.640. The van der Waals surface area contributed by atoms with E-state index in [1.165, 1.54) is 0 Å². The van der Waals surface area contributed by atoms with Gasteiger partial charge >= 0.3 is 0 Å². The Morgan fingerprint density at radius 2 is 2.06 bits per heavy atom. The Kier molecular flexibility index (Phi) is 3.19. The second-order valence-corrected chi connectivity index (χ2v) is 5.37. The fourth-order valence-electron chi connectivity index (χ4n) is 2.99. The van der Waals surface area contributed by atoms with Crippen LogP contribution in [0.15, 0.2) is 0 Å². The van der Waals surface area contributed by atoms with Crippen LogP contribution >= 0.6 is 0 Å². The minimum Gasteiger partial charge on any atom is -0.340 e. The molecule has 2 aliphatic heterocycles. The number of likely N-dealkylation sites (tertiary alicyclic amines) is 2. The number of hydrogen-bond donors (Lipinski definition) is 0. The summed E-state index contributed by atoms with van der Waals surface area (Å²) >= 11 is 0. The molecule has 2 fully saturated rings. The molecule has 2 saturated heterocycles. The van der Waals surface area contributed by atoms with Gasteiger partial charge in [0.25, 0.3) is 5.91 Å². The van der Waals surface area contributed by atoms with Crippen LogP contribution in [0.3, 0.4) is 0 Å². The maximum atomic E-state index is 13.3. The number of rotatable bonds is 2. The molecule has 0 radical (unpaired) electrons. The van der Waals surface area contributed by atoms with E-state index >= 15 is 0 Å². The Bertz CT molecular complexity index is 284. The molecule has 0 bridgehead atoms. The van der Waals surface area contributed by atoms with E-state index in [9.17, 15) is 9.18 Å². The summed E-state index contributed by atoms with van der Waals surface area (Å²) in [4.78, 5) is 15.8. The molecule has 4 heteroatoms. The summed E-state index contributed by atoms with van der Waals surface area (Å²) < 4.78 is 13.3. The second kappa shape index (κ2) is 4.32. The van der Waals surface area contributed by atoms with Gasteiger partial charge in [0, 0.05) is 25.0 Å². The van der Waals surface area contributed by atoms with Crippen LogP contribution in [0.1, 0.15) is 26.2 Å². The molecule has 1 amide bonds. The number of hydrogen-bond acceptors (Lipinski definition) is 2. The summed E-state index contributed by atoms with van der Waals surface area (Å²) in [6.45, 7) is 5.39.